The standard InChI is InChI=1S/C21H32N4O2/c1-3-16-6-5-7-18-17(14-24-19(16)18)8-11-23-20(22-4-2)25-15-21(26)9-12-27-13-10-21/h5-7,14,24,26H,3-4,8-13,15H2,1-2H3,(H2,22,23,25). The van der Waals surface area contributed by atoms with Crippen LogP contribution in [-0.4, -0.2) is 54.5 Å². The number of guanidine groups is 1. The molecule has 0 radical (unpaired) electrons. The lowest BCUT2D eigenvalue weighted by Gasteiger charge is -2.30. The van der Waals surface area contributed by atoms with Crippen LogP contribution in [0.25, 0.3) is 10.9 Å². The van der Waals surface area contributed by atoms with Crippen molar-refractivity contribution in [1.29, 1.82) is 0 Å². The Morgan fingerprint density at radius 1 is 1.22 bits per heavy atom. The van der Waals surface area contributed by atoms with Crippen LogP contribution in [0.2, 0.25) is 0 Å². The number of benzene rings is 1. The Kier molecular flexibility index (Phi) is 6.74. The highest BCUT2D eigenvalue weighted by Crippen LogP contribution is 2.22. The lowest BCUT2D eigenvalue weighted by Crippen LogP contribution is -2.43. The molecule has 3 rings (SSSR count). The van der Waals surface area contributed by atoms with E-state index in [1.54, 1.807) is 0 Å². The summed E-state index contributed by atoms with van der Waals surface area (Å²) in [4.78, 5) is 8.02. The van der Waals surface area contributed by atoms with E-state index in [-0.39, 0.29) is 0 Å². The number of aliphatic imine (C=N–C) groups is 1. The molecule has 0 atom stereocenters. The first-order valence-corrected chi connectivity index (χ1v) is 10.1. The molecule has 27 heavy (non-hydrogen) atoms. The van der Waals surface area contributed by atoms with Crippen LogP contribution in [-0.2, 0) is 17.6 Å². The third kappa shape index (κ3) is 5.02. The summed E-state index contributed by atoms with van der Waals surface area (Å²) in [5.74, 6) is 0.756. The minimum atomic E-state index is -0.742. The number of aromatic nitrogens is 1. The van der Waals surface area contributed by atoms with Crippen LogP contribution in [0.3, 0.4) is 0 Å². The summed E-state index contributed by atoms with van der Waals surface area (Å²) < 4.78 is 5.33. The zero-order valence-electron chi connectivity index (χ0n) is 16.5. The SMILES string of the molecule is CCNC(=NCC1(O)CCOCC1)NCCc1c[nH]c2c(CC)cccc12. The van der Waals surface area contributed by atoms with Gasteiger partial charge in [-0.05, 0) is 30.9 Å². The smallest absolute Gasteiger partial charge is 0.191 e. The van der Waals surface area contributed by atoms with Gasteiger partial charge in [0.25, 0.3) is 0 Å². The molecular formula is C21H32N4O2. The lowest BCUT2D eigenvalue weighted by atomic mass is 9.95. The minimum absolute atomic E-state index is 0.401. The molecule has 1 aromatic carbocycles. The van der Waals surface area contributed by atoms with Crippen LogP contribution < -0.4 is 10.6 Å². The van der Waals surface area contributed by atoms with Crippen LogP contribution in [0, 0.1) is 0 Å². The van der Waals surface area contributed by atoms with Gasteiger partial charge in [-0.1, -0.05) is 25.1 Å². The molecule has 6 heteroatoms. The second kappa shape index (κ2) is 9.24. The van der Waals surface area contributed by atoms with Gasteiger partial charge in [0.1, 0.15) is 0 Å². The van der Waals surface area contributed by atoms with Crippen molar-refractivity contribution < 1.29 is 9.84 Å². The summed E-state index contributed by atoms with van der Waals surface area (Å²) in [6.45, 7) is 7.43. The molecule has 1 fully saturated rings. The van der Waals surface area contributed by atoms with Crippen molar-refractivity contribution in [3.05, 3.63) is 35.5 Å². The molecule has 6 nitrogen and oxygen atoms in total. The number of para-hydroxylation sites is 1. The molecule has 0 aliphatic carbocycles. The van der Waals surface area contributed by atoms with Gasteiger partial charge in [-0.2, -0.15) is 0 Å². The molecule has 0 spiro atoms. The van der Waals surface area contributed by atoms with Crippen molar-refractivity contribution in [2.45, 2.75) is 45.1 Å². The van der Waals surface area contributed by atoms with Crippen LogP contribution in [0.5, 0.6) is 0 Å². The first kappa shape index (κ1) is 19.7. The molecule has 4 N–H and O–H groups in total. The van der Waals surface area contributed by atoms with Crippen LogP contribution >= 0.6 is 0 Å². The molecule has 0 unspecified atom stereocenters. The first-order chi connectivity index (χ1) is 13.1. The van der Waals surface area contributed by atoms with Gasteiger partial charge in [-0.15, -0.1) is 0 Å². The van der Waals surface area contributed by atoms with E-state index in [0.717, 1.165) is 31.9 Å². The Morgan fingerprint density at radius 2 is 2.04 bits per heavy atom. The maximum absolute atomic E-state index is 10.6. The Morgan fingerprint density at radius 3 is 2.78 bits per heavy atom. The molecule has 1 aliphatic rings. The molecule has 0 saturated carbocycles. The zero-order valence-corrected chi connectivity index (χ0v) is 16.5. The van der Waals surface area contributed by atoms with E-state index in [1.807, 2.05) is 6.92 Å². The predicted molar refractivity (Wildman–Crippen MR) is 110 cm³/mol. The van der Waals surface area contributed by atoms with Crippen molar-refractivity contribution in [3.8, 4) is 0 Å². The molecule has 0 amide bonds. The number of aryl methyl sites for hydroxylation is 1. The number of hydrogen-bond donors (Lipinski definition) is 4. The average Bonchev–Trinajstić information content (AvgIpc) is 3.10. The van der Waals surface area contributed by atoms with Crippen LogP contribution in [0.15, 0.2) is 29.4 Å². The van der Waals surface area contributed by atoms with E-state index >= 15 is 0 Å². The summed E-state index contributed by atoms with van der Waals surface area (Å²) in [6.07, 6.45) is 5.34. The van der Waals surface area contributed by atoms with Gasteiger partial charge in [0, 0.05) is 56.2 Å². The molecule has 1 aliphatic heterocycles. The zero-order chi connectivity index (χ0) is 19.1. The monoisotopic (exact) mass is 372 g/mol. The number of aliphatic hydroxyl groups is 1. The fourth-order valence-corrected chi connectivity index (χ4v) is 3.57. The van der Waals surface area contributed by atoms with Gasteiger partial charge >= 0.3 is 0 Å². The minimum Gasteiger partial charge on any atom is -0.388 e. The van der Waals surface area contributed by atoms with E-state index in [1.165, 1.54) is 22.0 Å². The molecular weight excluding hydrogens is 340 g/mol. The maximum Gasteiger partial charge on any atom is 0.191 e. The number of rotatable bonds is 7. The number of hydrogen-bond acceptors (Lipinski definition) is 3. The fourth-order valence-electron chi connectivity index (χ4n) is 3.57. The molecule has 1 saturated heterocycles. The lowest BCUT2D eigenvalue weighted by molar-refractivity contribution is -0.0565. The summed E-state index contributed by atoms with van der Waals surface area (Å²) in [6, 6.07) is 6.49. The third-order valence-electron chi connectivity index (χ3n) is 5.25. The van der Waals surface area contributed by atoms with E-state index < -0.39 is 5.60 Å². The molecule has 2 aromatic rings. The maximum atomic E-state index is 10.6. The Balaban J connectivity index is 1.59. The summed E-state index contributed by atoms with van der Waals surface area (Å²) in [5, 5.41) is 18.5. The molecule has 1 aromatic heterocycles. The van der Waals surface area contributed by atoms with Crippen molar-refractivity contribution in [2.24, 2.45) is 4.99 Å². The van der Waals surface area contributed by atoms with E-state index in [0.29, 0.717) is 32.6 Å². The van der Waals surface area contributed by atoms with Gasteiger partial charge < -0.3 is 25.5 Å². The predicted octanol–water partition coefficient (Wildman–Crippen LogP) is 2.37. The Labute approximate surface area is 161 Å². The number of fused-ring (bicyclic) bond motifs is 1. The molecule has 2 heterocycles. The van der Waals surface area contributed by atoms with Gasteiger partial charge in [0.15, 0.2) is 5.96 Å². The second-order valence-corrected chi connectivity index (χ2v) is 7.22. The Hall–Kier alpha value is -2.05. The van der Waals surface area contributed by atoms with E-state index in [2.05, 4.69) is 51.9 Å². The van der Waals surface area contributed by atoms with E-state index in [4.69, 9.17) is 4.74 Å². The quantitative estimate of drug-likeness (QED) is 0.444. The van der Waals surface area contributed by atoms with E-state index in [9.17, 15) is 5.11 Å². The number of ether oxygens (including phenoxy) is 1. The van der Waals surface area contributed by atoms with Crippen molar-refractivity contribution >= 4 is 16.9 Å². The van der Waals surface area contributed by atoms with Gasteiger partial charge in [0.2, 0.25) is 0 Å². The molecule has 0 bridgehead atoms. The van der Waals surface area contributed by atoms with Gasteiger partial charge in [0.05, 0.1) is 12.1 Å². The van der Waals surface area contributed by atoms with Gasteiger partial charge in [-0.3, -0.25) is 4.99 Å². The van der Waals surface area contributed by atoms with Crippen molar-refractivity contribution in [3.63, 3.8) is 0 Å². The fraction of sp³-hybridized carbons (Fsp3) is 0.571. The summed E-state index contributed by atoms with van der Waals surface area (Å²) >= 11 is 0. The van der Waals surface area contributed by atoms with Crippen LogP contribution in [0.4, 0.5) is 0 Å². The van der Waals surface area contributed by atoms with Crippen molar-refractivity contribution in [2.75, 3.05) is 32.8 Å². The Bertz CT molecular complexity index is 763. The summed E-state index contributed by atoms with van der Waals surface area (Å²) in [5.41, 5.74) is 3.17. The van der Waals surface area contributed by atoms with Gasteiger partial charge in [-0.25, -0.2) is 0 Å². The number of H-pyrrole nitrogens is 1. The normalized spacial score (nSPS) is 17.2. The van der Waals surface area contributed by atoms with Crippen LogP contribution in [0.1, 0.15) is 37.8 Å². The third-order valence-corrected chi connectivity index (χ3v) is 5.25. The largest absolute Gasteiger partial charge is 0.388 e. The highest BCUT2D eigenvalue weighted by molar-refractivity contribution is 5.86. The average molecular weight is 373 g/mol. The molecule has 148 valence electrons. The summed E-state index contributed by atoms with van der Waals surface area (Å²) in [7, 11) is 0. The number of nitrogens with zero attached hydrogens (tertiary/aromatic N) is 1. The second-order valence-electron chi connectivity index (χ2n) is 7.22. The topological polar surface area (TPSA) is 81.7 Å². The number of aromatic amines is 1. The highest BCUT2D eigenvalue weighted by Gasteiger charge is 2.29. The first-order valence-electron chi connectivity index (χ1n) is 10.1. The van der Waals surface area contributed by atoms with Crippen molar-refractivity contribution in [1.82, 2.24) is 15.6 Å². The number of nitrogens with one attached hydrogen (secondary N) is 3. The highest BCUT2D eigenvalue weighted by atomic mass is 16.5.